The minimum absolute atomic E-state index is 0.158. The quantitative estimate of drug-likeness (QED) is 0.183. The molecule has 0 saturated carbocycles. The smallest absolute Gasteiger partial charge is 0.311 e. The molecule has 4 aromatic carbocycles. The number of hydrogen-bond acceptors (Lipinski definition) is 5. The van der Waals surface area contributed by atoms with Crippen LogP contribution >= 0.6 is 34.8 Å². The summed E-state index contributed by atoms with van der Waals surface area (Å²) in [6, 6.07) is 20.1. The Labute approximate surface area is 255 Å². The van der Waals surface area contributed by atoms with Crippen molar-refractivity contribution in [1.29, 1.82) is 0 Å². The molecule has 0 spiro atoms. The van der Waals surface area contributed by atoms with Crippen LogP contribution in [0.4, 0.5) is 4.39 Å². The Morgan fingerprint density at radius 1 is 0.976 bits per heavy atom. The van der Waals surface area contributed by atoms with Crippen molar-refractivity contribution in [1.82, 2.24) is 5.32 Å². The van der Waals surface area contributed by atoms with Crippen molar-refractivity contribution >= 4 is 46.7 Å². The zero-order valence-corrected chi connectivity index (χ0v) is 24.0. The molecule has 0 aromatic heterocycles. The van der Waals surface area contributed by atoms with E-state index in [4.69, 9.17) is 49.0 Å². The molecule has 2 unspecified atom stereocenters. The summed E-state index contributed by atoms with van der Waals surface area (Å²) in [6.07, 6.45) is -0.382. The highest BCUT2D eigenvalue weighted by atomic mass is 35.5. The lowest BCUT2D eigenvalue weighted by Crippen LogP contribution is -2.40. The van der Waals surface area contributed by atoms with Crippen LogP contribution < -0.4 is 19.5 Å². The highest BCUT2D eigenvalue weighted by Gasteiger charge is 2.29. The molecule has 11 heteroatoms. The first-order valence-electron chi connectivity index (χ1n) is 12.8. The molecule has 0 bridgehead atoms. The molecule has 5 rings (SSSR count). The van der Waals surface area contributed by atoms with Crippen molar-refractivity contribution in [2.75, 3.05) is 6.61 Å². The first-order valence-corrected chi connectivity index (χ1v) is 13.9. The van der Waals surface area contributed by atoms with Crippen LogP contribution in [-0.4, -0.2) is 29.8 Å². The minimum atomic E-state index is -0.946. The molecule has 2 atom stereocenters. The molecule has 1 aliphatic rings. The molecule has 0 saturated heterocycles. The van der Waals surface area contributed by atoms with Gasteiger partial charge in [0.05, 0.1) is 22.6 Å². The summed E-state index contributed by atoms with van der Waals surface area (Å²) in [5, 5.41) is 13.2. The maximum absolute atomic E-state index is 13.8. The zero-order chi connectivity index (χ0) is 29.8. The number of benzene rings is 4. The van der Waals surface area contributed by atoms with E-state index in [9.17, 15) is 19.1 Å². The molecule has 0 radical (unpaired) electrons. The van der Waals surface area contributed by atoms with Crippen LogP contribution in [0.25, 0.3) is 0 Å². The fourth-order valence-corrected chi connectivity index (χ4v) is 5.14. The van der Waals surface area contributed by atoms with Gasteiger partial charge in [-0.1, -0.05) is 46.9 Å². The number of ether oxygens (including phenoxy) is 3. The van der Waals surface area contributed by atoms with E-state index in [-0.39, 0.29) is 28.8 Å². The number of carboxylic acids is 1. The topological polar surface area (TPSA) is 94.1 Å². The van der Waals surface area contributed by atoms with Crippen LogP contribution in [0.1, 0.15) is 33.8 Å². The lowest BCUT2D eigenvalue weighted by atomic mass is 9.93. The van der Waals surface area contributed by atoms with Gasteiger partial charge in [-0.25, -0.2) is 4.39 Å². The number of halogens is 4. The average molecular weight is 631 g/mol. The molecule has 1 amide bonds. The first kappa shape index (κ1) is 29.5. The Bertz CT molecular complexity index is 1630. The van der Waals surface area contributed by atoms with Gasteiger partial charge in [-0.05, 0) is 72.6 Å². The SMILES string of the molecule is O=C(NC(Cc1cccc(F)c1)Oc1ccc(Cl)cc1Cl)c1ccc(Oc2cc3c(cc2Cl)C(C(=O)O)CCO3)cc1. The molecule has 0 fully saturated rings. The molecule has 1 aliphatic heterocycles. The maximum Gasteiger partial charge on any atom is 0.311 e. The number of carbonyl (C=O) groups is 2. The summed E-state index contributed by atoms with van der Waals surface area (Å²) in [7, 11) is 0. The molecule has 2 N–H and O–H groups in total. The maximum atomic E-state index is 13.8. The Hall–Kier alpha value is -3.98. The van der Waals surface area contributed by atoms with Gasteiger partial charge < -0.3 is 24.6 Å². The molecule has 0 aliphatic carbocycles. The lowest BCUT2D eigenvalue weighted by molar-refractivity contribution is -0.139. The van der Waals surface area contributed by atoms with Gasteiger partial charge in [-0.2, -0.15) is 0 Å². The van der Waals surface area contributed by atoms with E-state index in [0.29, 0.717) is 45.4 Å². The number of amides is 1. The lowest BCUT2D eigenvalue weighted by Gasteiger charge is -2.24. The van der Waals surface area contributed by atoms with Crippen molar-refractivity contribution in [3.8, 4) is 23.0 Å². The summed E-state index contributed by atoms with van der Waals surface area (Å²) < 4.78 is 31.3. The second-order valence-electron chi connectivity index (χ2n) is 9.46. The van der Waals surface area contributed by atoms with Crippen molar-refractivity contribution in [2.24, 2.45) is 0 Å². The molecular weight excluding hydrogens is 608 g/mol. The van der Waals surface area contributed by atoms with E-state index in [1.165, 1.54) is 24.3 Å². The highest BCUT2D eigenvalue weighted by Crippen LogP contribution is 2.42. The summed E-state index contributed by atoms with van der Waals surface area (Å²) in [4.78, 5) is 24.8. The van der Waals surface area contributed by atoms with E-state index in [2.05, 4.69) is 5.32 Å². The third-order valence-corrected chi connectivity index (χ3v) is 7.34. The number of nitrogens with one attached hydrogen (secondary N) is 1. The van der Waals surface area contributed by atoms with Crippen LogP contribution in [0.15, 0.2) is 78.9 Å². The van der Waals surface area contributed by atoms with E-state index in [1.54, 1.807) is 54.6 Å². The second kappa shape index (κ2) is 12.9. The number of carboxylic acid groups (broad SMARTS) is 1. The van der Waals surface area contributed by atoms with Gasteiger partial charge in [-0.15, -0.1) is 0 Å². The van der Waals surface area contributed by atoms with Gasteiger partial charge in [-0.3, -0.25) is 9.59 Å². The van der Waals surface area contributed by atoms with Crippen LogP contribution in [0.3, 0.4) is 0 Å². The van der Waals surface area contributed by atoms with E-state index >= 15 is 0 Å². The van der Waals surface area contributed by atoms with E-state index in [0.717, 1.165) is 0 Å². The van der Waals surface area contributed by atoms with E-state index < -0.39 is 29.8 Å². The average Bonchev–Trinajstić information content (AvgIpc) is 2.95. The van der Waals surface area contributed by atoms with Gasteiger partial charge in [0.25, 0.3) is 5.91 Å². The highest BCUT2D eigenvalue weighted by molar-refractivity contribution is 6.35. The van der Waals surface area contributed by atoms with Gasteiger partial charge in [0.15, 0.2) is 6.23 Å². The summed E-state index contributed by atoms with van der Waals surface area (Å²) in [5.74, 6) is -1.15. The summed E-state index contributed by atoms with van der Waals surface area (Å²) >= 11 is 18.7. The number of carbonyl (C=O) groups excluding carboxylic acids is 1. The molecule has 216 valence electrons. The van der Waals surface area contributed by atoms with Crippen molar-refractivity contribution in [2.45, 2.75) is 25.0 Å². The van der Waals surface area contributed by atoms with Crippen LogP contribution in [-0.2, 0) is 11.2 Å². The number of fused-ring (bicyclic) bond motifs is 1. The number of hydrogen-bond donors (Lipinski definition) is 2. The Kier molecular flexibility index (Phi) is 9.06. The van der Waals surface area contributed by atoms with Gasteiger partial charge in [0.1, 0.15) is 28.8 Å². The third kappa shape index (κ3) is 7.07. The summed E-state index contributed by atoms with van der Waals surface area (Å²) in [5.41, 5.74) is 1.41. The first-order chi connectivity index (χ1) is 20.2. The summed E-state index contributed by atoms with van der Waals surface area (Å²) in [6.45, 7) is 0.267. The Balaban J connectivity index is 1.31. The molecule has 4 aromatic rings. The number of rotatable bonds is 9. The molecule has 42 heavy (non-hydrogen) atoms. The normalized spacial score (nSPS) is 14.7. The predicted octanol–water partition coefficient (Wildman–Crippen LogP) is 7.91. The zero-order valence-electron chi connectivity index (χ0n) is 21.8. The standard InChI is InChI=1S/C31H23Cl3FNO6/c32-19-6-9-26(24(33)14-19)42-29(13-17-2-1-3-20(35)12-17)36-30(37)18-4-7-21(8-5-18)41-28-16-27-23(15-25(28)34)22(31(38)39)10-11-40-27/h1-9,12,14-16,22,29H,10-11,13H2,(H,36,37)(H,38,39). The van der Waals surface area contributed by atoms with Crippen molar-refractivity contribution in [3.63, 3.8) is 0 Å². The van der Waals surface area contributed by atoms with Gasteiger partial charge in [0.2, 0.25) is 0 Å². The van der Waals surface area contributed by atoms with Crippen molar-refractivity contribution < 1.29 is 33.3 Å². The van der Waals surface area contributed by atoms with Crippen LogP contribution in [0, 0.1) is 5.82 Å². The fraction of sp³-hybridized carbons (Fsp3) is 0.161. The molecule has 7 nitrogen and oxygen atoms in total. The fourth-order valence-electron chi connectivity index (χ4n) is 4.48. The van der Waals surface area contributed by atoms with Gasteiger partial charge in [0, 0.05) is 28.6 Å². The van der Waals surface area contributed by atoms with Gasteiger partial charge >= 0.3 is 5.97 Å². The Morgan fingerprint density at radius 2 is 1.74 bits per heavy atom. The molecular formula is C31H23Cl3FNO6. The minimum Gasteiger partial charge on any atom is -0.493 e. The Morgan fingerprint density at radius 3 is 2.45 bits per heavy atom. The second-order valence-corrected chi connectivity index (χ2v) is 10.7. The largest absolute Gasteiger partial charge is 0.493 e. The predicted molar refractivity (Wildman–Crippen MR) is 157 cm³/mol. The van der Waals surface area contributed by atoms with Crippen LogP contribution in [0.2, 0.25) is 15.1 Å². The number of aliphatic carboxylic acids is 1. The van der Waals surface area contributed by atoms with Crippen molar-refractivity contribution in [3.05, 3.63) is 116 Å². The third-order valence-electron chi connectivity index (χ3n) is 6.51. The molecule has 1 heterocycles. The monoisotopic (exact) mass is 629 g/mol. The van der Waals surface area contributed by atoms with Crippen LogP contribution in [0.5, 0.6) is 23.0 Å². The van der Waals surface area contributed by atoms with E-state index in [1.807, 2.05) is 0 Å².